The summed E-state index contributed by atoms with van der Waals surface area (Å²) in [5.74, 6) is -0.554. The maximum absolute atomic E-state index is 12.8. The third-order valence-corrected chi connectivity index (χ3v) is 3.85. The van der Waals surface area contributed by atoms with Crippen molar-refractivity contribution in [3.05, 3.63) is 32.3 Å². The van der Waals surface area contributed by atoms with E-state index in [9.17, 15) is 14.4 Å². The number of benzene rings is 1. The molecular weight excluding hydrogens is 451 g/mol. The number of nitrogens with zero attached hydrogens (tertiary/aromatic N) is 2. The maximum atomic E-state index is 12.8. The van der Waals surface area contributed by atoms with Gasteiger partial charge in [0.2, 0.25) is 0 Å². The van der Waals surface area contributed by atoms with Crippen molar-refractivity contribution in [3.63, 3.8) is 0 Å². The molecule has 0 amide bonds. The number of ether oxygens (including phenoxy) is 2. The fraction of sp³-hybridized carbons (Fsp3) is 0.500. The number of imidazole rings is 1. The minimum absolute atomic E-state index is 0.289. The molecule has 1 aromatic carbocycles. The lowest BCUT2D eigenvalue weighted by molar-refractivity contribution is -0.155. The van der Waals surface area contributed by atoms with E-state index in [4.69, 9.17) is 9.47 Å². The molecule has 0 bridgehead atoms. The highest BCUT2D eigenvalue weighted by molar-refractivity contribution is 14.1. The van der Waals surface area contributed by atoms with Gasteiger partial charge in [-0.3, -0.25) is 9.36 Å². The van der Waals surface area contributed by atoms with Crippen molar-refractivity contribution < 1.29 is 19.1 Å². The van der Waals surface area contributed by atoms with Crippen molar-refractivity contribution in [3.8, 4) is 0 Å². The Bertz CT molecular complexity index is 913. The third-order valence-electron chi connectivity index (χ3n) is 3.17. The number of hydrogen-bond donors (Lipinski definition) is 0. The normalized spacial score (nSPS) is 12.3. The second kappa shape index (κ2) is 7.05. The van der Waals surface area contributed by atoms with Gasteiger partial charge in [-0.15, -0.1) is 0 Å². The van der Waals surface area contributed by atoms with Gasteiger partial charge in [-0.1, -0.05) is 0 Å². The number of esters is 1. The van der Waals surface area contributed by atoms with E-state index in [2.05, 4.69) is 22.6 Å². The zero-order valence-corrected chi connectivity index (χ0v) is 17.9. The number of carbonyl (C=O) groups excluding carboxylic acids is 2. The van der Waals surface area contributed by atoms with Crippen molar-refractivity contribution in [2.24, 2.45) is 0 Å². The minimum Gasteiger partial charge on any atom is -0.459 e. The second-order valence-electron chi connectivity index (χ2n) is 7.90. The maximum Gasteiger partial charge on any atom is 0.423 e. The van der Waals surface area contributed by atoms with Crippen LogP contribution in [0.25, 0.3) is 11.0 Å². The lowest BCUT2D eigenvalue weighted by Crippen LogP contribution is -2.36. The molecule has 2 aromatic rings. The van der Waals surface area contributed by atoms with Crippen LogP contribution in [0.15, 0.2) is 23.0 Å². The molecule has 0 fully saturated rings. The Kier molecular flexibility index (Phi) is 5.55. The van der Waals surface area contributed by atoms with Gasteiger partial charge >= 0.3 is 17.8 Å². The SMILES string of the molecule is CC(C)(C)OC(=O)Cn1c(=O)n(C(=O)OC(C)(C)C)c2ccc(I)cc21. The van der Waals surface area contributed by atoms with Crippen LogP contribution in [-0.4, -0.2) is 32.4 Å². The Labute approximate surface area is 165 Å². The number of fused-ring (bicyclic) bond motifs is 1. The molecule has 0 aliphatic heterocycles. The van der Waals surface area contributed by atoms with Gasteiger partial charge < -0.3 is 9.47 Å². The van der Waals surface area contributed by atoms with Crippen LogP contribution >= 0.6 is 22.6 Å². The molecule has 142 valence electrons. The molecule has 0 aliphatic rings. The van der Waals surface area contributed by atoms with Crippen LogP contribution in [0.2, 0.25) is 0 Å². The molecule has 0 unspecified atom stereocenters. The van der Waals surface area contributed by atoms with Gasteiger partial charge in [0, 0.05) is 3.57 Å². The Morgan fingerprint density at radius 3 is 2.12 bits per heavy atom. The van der Waals surface area contributed by atoms with Crippen LogP contribution in [0.5, 0.6) is 0 Å². The van der Waals surface area contributed by atoms with Gasteiger partial charge in [0.05, 0.1) is 11.0 Å². The molecule has 0 saturated heterocycles. The summed E-state index contributed by atoms with van der Waals surface area (Å²) in [5.41, 5.74) is -1.20. The van der Waals surface area contributed by atoms with Crippen LogP contribution in [0, 0.1) is 3.57 Å². The van der Waals surface area contributed by atoms with E-state index in [1.807, 2.05) is 0 Å². The zero-order valence-electron chi connectivity index (χ0n) is 15.8. The first kappa shape index (κ1) is 20.5. The summed E-state index contributed by atoms with van der Waals surface area (Å²) >= 11 is 2.10. The van der Waals surface area contributed by atoms with Crippen molar-refractivity contribution in [2.75, 3.05) is 0 Å². The average Bonchev–Trinajstić information content (AvgIpc) is 2.67. The van der Waals surface area contributed by atoms with Crippen LogP contribution in [0.1, 0.15) is 41.5 Å². The third kappa shape index (κ3) is 4.87. The van der Waals surface area contributed by atoms with Crippen LogP contribution in [0.4, 0.5) is 4.79 Å². The Morgan fingerprint density at radius 1 is 1.00 bits per heavy atom. The Hall–Kier alpha value is -1.84. The first-order chi connectivity index (χ1) is 11.8. The second-order valence-corrected chi connectivity index (χ2v) is 9.15. The number of carbonyl (C=O) groups is 2. The number of aromatic nitrogens is 2. The highest BCUT2D eigenvalue weighted by Crippen LogP contribution is 2.19. The molecule has 0 radical (unpaired) electrons. The fourth-order valence-electron chi connectivity index (χ4n) is 2.37. The van der Waals surface area contributed by atoms with Gasteiger partial charge in [0.15, 0.2) is 0 Å². The van der Waals surface area contributed by atoms with E-state index < -0.39 is 29.0 Å². The Morgan fingerprint density at radius 2 is 1.58 bits per heavy atom. The van der Waals surface area contributed by atoms with Gasteiger partial charge in [-0.2, -0.15) is 4.57 Å². The van der Waals surface area contributed by atoms with E-state index in [0.717, 1.165) is 8.14 Å². The summed E-state index contributed by atoms with van der Waals surface area (Å²) in [6, 6.07) is 5.18. The van der Waals surface area contributed by atoms with Crippen molar-refractivity contribution in [2.45, 2.75) is 59.3 Å². The highest BCUT2D eigenvalue weighted by Gasteiger charge is 2.26. The molecule has 2 rings (SSSR count). The predicted octanol–water partition coefficient (Wildman–Crippen LogP) is 3.53. The summed E-state index contributed by atoms with van der Waals surface area (Å²) < 4.78 is 13.7. The van der Waals surface area contributed by atoms with Gasteiger partial charge in [0.1, 0.15) is 17.7 Å². The van der Waals surface area contributed by atoms with Crippen LogP contribution in [-0.2, 0) is 20.8 Å². The standard InChI is InChI=1S/C18H23IN2O5/c1-17(2,3)25-14(22)10-20-13-9-11(19)7-8-12(13)21(15(20)23)16(24)26-18(4,5)6/h7-9H,10H2,1-6H3. The number of rotatable bonds is 2. The van der Waals surface area contributed by atoms with Crippen molar-refractivity contribution in [1.82, 2.24) is 9.13 Å². The Balaban J connectivity index is 2.55. The smallest absolute Gasteiger partial charge is 0.423 e. The molecule has 1 aromatic heterocycles. The van der Waals surface area contributed by atoms with E-state index in [-0.39, 0.29) is 6.54 Å². The fourth-order valence-corrected chi connectivity index (χ4v) is 2.84. The lowest BCUT2D eigenvalue weighted by Gasteiger charge is -2.19. The summed E-state index contributed by atoms with van der Waals surface area (Å²) in [5, 5.41) is 0. The van der Waals surface area contributed by atoms with Gasteiger partial charge in [-0.05, 0) is 82.3 Å². The molecule has 1 heterocycles. The topological polar surface area (TPSA) is 79.5 Å². The number of halogens is 1. The summed E-state index contributed by atoms with van der Waals surface area (Å²) in [6.45, 7) is 10.1. The average molecular weight is 474 g/mol. The quantitative estimate of drug-likeness (QED) is 0.492. The first-order valence-electron chi connectivity index (χ1n) is 8.14. The highest BCUT2D eigenvalue weighted by atomic mass is 127. The van der Waals surface area contributed by atoms with E-state index in [1.54, 1.807) is 59.7 Å². The minimum atomic E-state index is -0.781. The molecule has 0 saturated carbocycles. The van der Waals surface area contributed by atoms with Crippen LogP contribution < -0.4 is 5.69 Å². The number of hydrogen-bond acceptors (Lipinski definition) is 5. The molecule has 8 heteroatoms. The molecule has 7 nitrogen and oxygen atoms in total. The summed E-state index contributed by atoms with van der Waals surface area (Å²) in [4.78, 5) is 37.6. The zero-order chi connectivity index (χ0) is 19.9. The van der Waals surface area contributed by atoms with E-state index in [1.165, 1.54) is 4.57 Å². The first-order valence-corrected chi connectivity index (χ1v) is 9.22. The summed E-state index contributed by atoms with van der Waals surface area (Å²) in [7, 11) is 0. The molecule has 26 heavy (non-hydrogen) atoms. The van der Waals surface area contributed by atoms with Crippen LogP contribution in [0.3, 0.4) is 0 Å². The van der Waals surface area contributed by atoms with Crippen molar-refractivity contribution in [1.29, 1.82) is 0 Å². The monoisotopic (exact) mass is 474 g/mol. The molecular formula is C18H23IN2O5. The molecule has 0 atom stereocenters. The lowest BCUT2D eigenvalue weighted by atomic mass is 10.2. The van der Waals surface area contributed by atoms with E-state index >= 15 is 0 Å². The predicted molar refractivity (Wildman–Crippen MR) is 106 cm³/mol. The van der Waals surface area contributed by atoms with Crippen molar-refractivity contribution >= 4 is 45.7 Å². The van der Waals surface area contributed by atoms with Gasteiger partial charge in [0.25, 0.3) is 0 Å². The molecule has 0 aliphatic carbocycles. The van der Waals surface area contributed by atoms with E-state index in [0.29, 0.717) is 11.0 Å². The summed E-state index contributed by atoms with van der Waals surface area (Å²) in [6.07, 6.45) is -0.781. The van der Waals surface area contributed by atoms with Gasteiger partial charge in [-0.25, -0.2) is 9.59 Å². The molecule has 0 spiro atoms. The molecule has 0 N–H and O–H groups in total. The largest absolute Gasteiger partial charge is 0.459 e.